The van der Waals surface area contributed by atoms with Crippen molar-refractivity contribution in [1.82, 2.24) is 0 Å². The minimum atomic E-state index is -4.77. The van der Waals surface area contributed by atoms with Crippen LogP contribution in [0.15, 0.2) is 18.2 Å². The van der Waals surface area contributed by atoms with Gasteiger partial charge in [-0.2, -0.15) is 13.2 Å². The summed E-state index contributed by atoms with van der Waals surface area (Å²) < 4.78 is 50.0. The van der Waals surface area contributed by atoms with E-state index in [9.17, 15) is 17.6 Å². The maximum absolute atomic E-state index is 13.3. The largest absolute Gasteiger partial charge is 0.419 e. The smallest absolute Gasteiger partial charge is 0.387 e. The highest BCUT2D eigenvalue weighted by molar-refractivity contribution is 6.18. The van der Waals surface area contributed by atoms with Gasteiger partial charge in [-0.15, -0.1) is 11.6 Å². The molecule has 0 saturated carbocycles. The molecule has 0 aliphatic carbocycles. The van der Waals surface area contributed by atoms with E-state index in [0.29, 0.717) is 6.07 Å². The first-order chi connectivity index (χ1) is 6.88. The molecule has 15 heavy (non-hydrogen) atoms. The molecule has 0 radical (unpaired) electrons. The predicted molar refractivity (Wildman–Crippen MR) is 47.1 cm³/mol. The Morgan fingerprint density at radius 1 is 1.33 bits per heavy atom. The molecule has 1 N–H and O–H groups in total. The molecular formula is C9H7ClF4O. The summed E-state index contributed by atoms with van der Waals surface area (Å²) in [5.41, 5.74) is -1.84. The monoisotopic (exact) mass is 242 g/mol. The van der Waals surface area contributed by atoms with Crippen LogP contribution in [0.4, 0.5) is 17.6 Å². The average Bonchev–Trinajstić information content (AvgIpc) is 2.15. The SMILES string of the molecule is O[C@H](CCl)c1cccc(C(F)(F)F)c1F. The minimum Gasteiger partial charge on any atom is -0.387 e. The maximum atomic E-state index is 13.3. The van der Waals surface area contributed by atoms with Gasteiger partial charge in [0.2, 0.25) is 0 Å². The highest BCUT2D eigenvalue weighted by Gasteiger charge is 2.35. The Bertz CT molecular complexity index is 350. The lowest BCUT2D eigenvalue weighted by Crippen LogP contribution is -2.12. The molecule has 0 bridgehead atoms. The molecule has 1 rings (SSSR count). The molecule has 1 nitrogen and oxygen atoms in total. The summed E-state index contributed by atoms with van der Waals surface area (Å²) in [6.07, 6.45) is -6.21. The van der Waals surface area contributed by atoms with Crippen LogP contribution >= 0.6 is 11.6 Å². The van der Waals surface area contributed by atoms with Gasteiger partial charge in [-0.25, -0.2) is 4.39 Å². The highest BCUT2D eigenvalue weighted by atomic mass is 35.5. The van der Waals surface area contributed by atoms with Crippen LogP contribution in [0.1, 0.15) is 17.2 Å². The first-order valence-corrected chi connectivity index (χ1v) is 4.51. The Morgan fingerprint density at radius 2 is 1.93 bits per heavy atom. The van der Waals surface area contributed by atoms with Crippen LogP contribution in [0.25, 0.3) is 0 Å². The van der Waals surface area contributed by atoms with E-state index in [1.165, 1.54) is 0 Å². The molecule has 1 atom stereocenters. The molecule has 0 saturated heterocycles. The lowest BCUT2D eigenvalue weighted by atomic mass is 10.1. The third-order valence-electron chi connectivity index (χ3n) is 1.84. The maximum Gasteiger partial charge on any atom is 0.419 e. The fourth-order valence-electron chi connectivity index (χ4n) is 1.11. The van der Waals surface area contributed by atoms with Crippen molar-refractivity contribution in [2.75, 3.05) is 5.88 Å². The van der Waals surface area contributed by atoms with Crippen LogP contribution in [-0.4, -0.2) is 11.0 Å². The quantitative estimate of drug-likeness (QED) is 0.624. The normalized spacial score (nSPS) is 14.0. The molecule has 0 unspecified atom stereocenters. The standard InChI is InChI=1S/C9H7ClF4O/c10-4-7(15)5-2-1-3-6(8(5)11)9(12,13)14/h1-3,7,15H,4H2/t7-/m1/s1. The molecule has 1 aromatic rings. The van der Waals surface area contributed by atoms with Crippen LogP contribution in [0, 0.1) is 5.82 Å². The molecule has 0 spiro atoms. The number of benzene rings is 1. The zero-order chi connectivity index (χ0) is 11.6. The van der Waals surface area contributed by atoms with Crippen LogP contribution < -0.4 is 0 Å². The van der Waals surface area contributed by atoms with Crippen molar-refractivity contribution in [1.29, 1.82) is 0 Å². The van der Waals surface area contributed by atoms with Crippen molar-refractivity contribution in [2.45, 2.75) is 12.3 Å². The summed E-state index contributed by atoms with van der Waals surface area (Å²) in [5, 5.41) is 9.16. The predicted octanol–water partition coefficient (Wildman–Crippen LogP) is 3.12. The number of alkyl halides is 4. The van der Waals surface area contributed by atoms with Gasteiger partial charge in [0.1, 0.15) is 5.82 Å². The minimum absolute atomic E-state index is 0.363. The number of rotatable bonds is 2. The van der Waals surface area contributed by atoms with Gasteiger partial charge in [0, 0.05) is 5.56 Å². The lowest BCUT2D eigenvalue weighted by molar-refractivity contribution is -0.140. The molecule has 0 aliphatic rings. The van der Waals surface area contributed by atoms with Gasteiger partial charge >= 0.3 is 6.18 Å². The Morgan fingerprint density at radius 3 is 2.40 bits per heavy atom. The summed E-state index contributed by atoms with van der Waals surface area (Å²) in [6.45, 7) is 0. The van der Waals surface area contributed by atoms with Crippen LogP contribution in [0.3, 0.4) is 0 Å². The molecule has 6 heteroatoms. The topological polar surface area (TPSA) is 20.2 Å². The van der Waals surface area contributed by atoms with Crippen molar-refractivity contribution in [3.8, 4) is 0 Å². The van der Waals surface area contributed by atoms with Crippen LogP contribution in [0.2, 0.25) is 0 Å². The van der Waals surface area contributed by atoms with Gasteiger partial charge in [0.25, 0.3) is 0 Å². The van der Waals surface area contributed by atoms with E-state index in [0.717, 1.165) is 12.1 Å². The molecule has 0 aromatic heterocycles. The molecule has 0 aliphatic heterocycles. The van der Waals surface area contributed by atoms with Crippen molar-refractivity contribution in [3.05, 3.63) is 35.1 Å². The van der Waals surface area contributed by atoms with Gasteiger partial charge in [-0.05, 0) is 6.07 Å². The summed E-state index contributed by atoms with van der Waals surface area (Å²) in [6, 6.07) is 2.70. The highest BCUT2D eigenvalue weighted by Crippen LogP contribution is 2.33. The van der Waals surface area contributed by atoms with Gasteiger partial charge in [0.15, 0.2) is 0 Å². The number of hydrogen-bond acceptors (Lipinski definition) is 1. The molecule has 84 valence electrons. The number of aliphatic hydroxyl groups excluding tert-OH is 1. The zero-order valence-electron chi connectivity index (χ0n) is 7.35. The van der Waals surface area contributed by atoms with Gasteiger partial charge in [0.05, 0.1) is 17.5 Å². The van der Waals surface area contributed by atoms with Gasteiger partial charge < -0.3 is 5.11 Å². The van der Waals surface area contributed by atoms with Crippen molar-refractivity contribution in [3.63, 3.8) is 0 Å². The summed E-state index contributed by atoms with van der Waals surface area (Å²) in [4.78, 5) is 0. The second-order valence-electron chi connectivity index (χ2n) is 2.88. The van der Waals surface area contributed by atoms with E-state index in [2.05, 4.69) is 0 Å². The molecule has 0 fully saturated rings. The number of halogens is 5. The first kappa shape index (κ1) is 12.3. The Hall–Kier alpha value is -0.810. The fourth-order valence-corrected chi connectivity index (χ4v) is 1.28. The first-order valence-electron chi connectivity index (χ1n) is 3.97. The summed E-state index contributed by atoms with van der Waals surface area (Å²) in [5.74, 6) is -1.84. The second kappa shape index (κ2) is 4.37. The summed E-state index contributed by atoms with van der Waals surface area (Å²) >= 11 is 5.23. The second-order valence-corrected chi connectivity index (χ2v) is 3.19. The average molecular weight is 243 g/mol. The van der Waals surface area contributed by atoms with Crippen molar-refractivity contribution in [2.24, 2.45) is 0 Å². The van der Waals surface area contributed by atoms with E-state index in [4.69, 9.17) is 16.7 Å². The van der Waals surface area contributed by atoms with Crippen molar-refractivity contribution >= 4 is 11.6 Å². The van der Waals surface area contributed by atoms with Crippen molar-refractivity contribution < 1.29 is 22.7 Å². The van der Waals surface area contributed by atoms with Crippen LogP contribution in [-0.2, 0) is 6.18 Å². The number of hydrogen-bond donors (Lipinski definition) is 1. The molecular weight excluding hydrogens is 236 g/mol. The fraction of sp³-hybridized carbons (Fsp3) is 0.333. The van der Waals surface area contributed by atoms with Gasteiger partial charge in [-0.3, -0.25) is 0 Å². The molecule has 0 heterocycles. The zero-order valence-corrected chi connectivity index (χ0v) is 8.11. The van der Waals surface area contributed by atoms with E-state index in [1.54, 1.807) is 0 Å². The number of aliphatic hydroxyl groups is 1. The Kier molecular flexibility index (Phi) is 3.57. The van der Waals surface area contributed by atoms with Gasteiger partial charge in [-0.1, -0.05) is 12.1 Å². The lowest BCUT2D eigenvalue weighted by Gasteiger charge is -2.13. The molecule has 1 aromatic carbocycles. The van der Waals surface area contributed by atoms with E-state index >= 15 is 0 Å². The Balaban J connectivity index is 3.23. The Labute approximate surface area is 88.3 Å². The van der Waals surface area contributed by atoms with E-state index < -0.39 is 29.2 Å². The summed E-state index contributed by atoms with van der Waals surface area (Å²) in [7, 11) is 0. The van der Waals surface area contributed by atoms with E-state index in [1.807, 2.05) is 0 Å². The third kappa shape index (κ3) is 2.60. The third-order valence-corrected chi connectivity index (χ3v) is 2.13. The van der Waals surface area contributed by atoms with Crippen LogP contribution in [0.5, 0.6) is 0 Å². The molecule has 0 amide bonds. The van der Waals surface area contributed by atoms with E-state index in [-0.39, 0.29) is 5.88 Å².